The van der Waals surface area contributed by atoms with Crippen LogP contribution in [-0.2, 0) is 0 Å². The first-order valence-corrected chi connectivity index (χ1v) is 9.07. The molecule has 5 heteroatoms. The minimum absolute atomic E-state index is 0.00490. The second-order valence-electron chi connectivity index (χ2n) is 7.08. The van der Waals surface area contributed by atoms with Crippen LogP contribution in [0.5, 0.6) is 11.5 Å². The molecule has 140 valence electrons. The lowest BCUT2D eigenvalue weighted by atomic mass is 9.74. The molecule has 0 saturated carbocycles. The highest BCUT2D eigenvalue weighted by Gasteiger charge is 2.41. The normalized spacial score (nSPS) is 22.6. The number of hydrogen-bond donors (Lipinski definition) is 2. The quantitative estimate of drug-likeness (QED) is 0.779. The van der Waals surface area contributed by atoms with Gasteiger partial charge in [-0.05, 0) is 42.5 Å². The minimum atomic E-state index is -0.885. The Labute approximate surface area is 158 Å². The molecule has 0 fully saturated rings. The number of allylic oxidation sites excluding steroid dienone is 2. The van der Waals surface area contributed by atoms with Crippen LogP contribution in [0, 0.1) is 12.8 Å². The van der Waals surface area contributed by atoms with Gasteiger partial charge in [0.1, 0.15) is 0 Å². The summed E-state index contributed by atoms with van der Waals surface area (Å²) in [5, 5.41) is 13.3. The average Bonchev–Trinajstić information content (AvgIpc) is 3.16. The fourth-order valence-electron chi connectivity index (χ4n) is 4.51. The Morgan fingerprint density at radius 1 is 1.19 bits per heavy atom. The molecule has 0 bridgehead atoms. The van der Waals surface area contributed by atoms with Crippen molar-refractivity contribution in [3.8, 4) is 11.5 Å². The predicted molar refractivity (Wildman–Crippen MR) is 104 cm³/mol. The van der Waals surface area contributed by atoms with Crippen molar-refractivity contribution >= 4 is 11.7 Å². The topological polar surface area (TPSA) is 67.8 Å². The molecule has 0 radical (unpaired) electrons. The SMILES string of the molecule is COc1cccc([C@@H]2Nc3c(C)ccc(C(=O)O)c3[C@@H]3C=CC[C@H]32)c1OC. The van der Waals surface area contributed by atoms with E-state index in [2.05, 4.69) is 23.5 Å². The highest BCUT2D eigenvalue weighted by atomic mass is 16.5. The number of fused-ring (bicyclic) bond motifs is 3. The predicted octanol–water partition coefficient (Wildman–Crippen LogP) is 4.54. The molecule has 1 heterocycles. The molecule has 2 aliphatic rings. The maximum Gasteiger partial charge on any atom is 0.336 e. The average molecular weight is 365 g/mol. The summed E-state index contributed by atoms with van der Waals surface area (Å²) < 4.78 is 11.1. The third-order valence-electron chi connectivity index (χ3n) is 5.73. The Morgan fingerprint density at radius 3 is 2.70 bits per heavy atom. The number of carbonyl (C=O) groups is 1. The van der Waals surface area contributed by atoms with E-state index in [4.69, 9.17) is 9.47 Å². The van der Waals surface area contributed by atoms with Gasteiger partial charge in [0.2, 0.25) is 0 Å². The fraction of sp³-hybridized carbons (Fsp3) is 0.318. The van der Waals surface area contributed by atoms with Gasteiger partial charge in [0.05, 0.1) is 25.8 Å². The molecule has 27 heavy (non-hydrogen) atoms. The number of benzene rings is 2. The Kier molecular flexibility index (Phi) is 4.30. The van der Waals surface area contributed by atoms with Crippen LogP contribution in [0.2, 0.25) is 0 Å². The van der Waals surface area contributed by atoms with Gasteiger partial charge in [-0.1, -0.05) is 30.4 Å². The first-order valence-electron chi connectivity index (χ1n) is 9.07. The van der Waals surface area contributed by atoms with Gasteiger partial charge < -0.3 is 19.9 Å². The number of para-hydroxylation sites is 1. The van der Waals surface area contributed by atoms with Gasteiger partial charge in [-0.2, -0.15) is 0 Å². The van der Waals surface area contributed by atoms with Gasteiger partial charge in [0.15, 0.2) is 11.5 Å². The van der Waals surface area contributed by atoms with Crippen molar-refractivity contribution in [2.75, 3.05) is 19.5 Å². The monoisotopic (exact) mass is 365 g/mol. The lowest BCUT2D eigenvalue weighted by Gasteiger charge is -2.39. The van der Waals surface area contributed by atoms with E-state index in [1.807, 2.05) is 25.1 Å². The molecule has 3 atom stereocenters. The summed E-state index contributed by atoms with van der Waals surface area (Å²) in [6.07, 6.45) is 5.19. The molecule has 2 N–H and O–H groups in total. The van der Waals surface area contributed by atoms with Gasteiger partial charge in [-0.3, -0.25) is 0 Å². The van der Waals surface area contributed by atoms with Crippen LogP contribution in [0.3, 0.4) is 0 Å². The second-order valence-corrected chi connectivity index (χ2v) is 7.08. The van der Waals surface area contributed by atoms with E-state index in [0.29, 0.717) is 11.3 Å². The molecular formula is C22H23NO4. The Bertz CT molecular complexity index is 934. The molecule has 1 aliphatic heterocycles. The third-order valence-corrected chi connectivity index (χ3v) is 5.73. The van der Waals surface area contributed by atoms with E-state index in [0.717, 1.165) is 34.5 Å². The van der Waals surface area contributed by atoms with E-state index < -0.39 is 5.97 Å². The van der Waals surface area contributed by atoms with E-state index in [1.165, 1.54) is 0 Å². The van der Waals surface area contributed by atoms with Crippen LogP contribution in [0.15, 0.2) is 42.5 Å². The number of anilines is 1. The van der Waals surface area contributed by atoms with Gasteiger partial charge in [0, 0.05) is 17.2 Å². The first kappa shape index (κ1) is 17.5. The van der Waals surface area contributed by atoms with Crippen molar-refractivity contribution < 1.29 is 19.4 Å². The summed E-state index contributed by atoms with van der Waals surface area (Å²) in [5.74, 6) is 0.816. The van der Waals surface area contributed by atoms with E-state index in [-0.39, 0.29) is 17.9 Å². The number of ether oxygens (including phenoxy) is 2. The van der Waals surface area contributed by atoms with E-state index in [9.17, 15) is 9.90 Å². The molecule has 5 nitrogen and oxygen atoms in total. The first-order chi connectivity index (χ1) is 13.1. The van der Waals surface area contributed by atoms with E-state index >= 15 is 0 Å². The lowest BCUT2D eigenvalue weighted by molar-refractivity contribution is 0.0695. The van der Waals surface area contributed by atoms with Crippen LogP contribution in [0.1, 0.15) is 45.4 Å². The number of aromatic carboxylic acids is 1. The number of aryl methyl sites for hydroxylation is 1. The van der Waals surface area contributed by atoms with Gasteiger partial charge >= 0.3 is 5.97 Å². The zero-order chi connectivity index (χ0) is 19.1. The maximum absolute atomic E-state index is 11.8. The Morgan fingerprint density at radius 2 is 2.00 bits per heavy atom. The number of nitrogens with one attached hydrogen (secondary N) is 1. The molecular weight excluding hydrogens is 342 g/mol. The highest BCUT2D eigenvalue weighted by molar-refractivity contribution is 5.93. The van der Waals surface area contributed by atoms with Gasteiger partial charge in [0.25, 0.3) is 0 Å². The second kappa shape index (κ2) is 6.65. The number of carboxylic acid groups (broad SMARTS) is 1. The molecule has 0 amide bonds. The summed E-state index contributed by atoms with van der Waals surface area (Å²) in [6.45, 7) is 2.01. The smallest absolute Gasteiger partial charge is 0.336 e. The molecule has 0 unspecified atom stereocenters. The lowest BCUT2D eigenvalue weighted by Crippen LogP contribution is -2.31. The molecule has 2 aromatic carbocycles. The van der Waals surface area contributed by atoms with Crippen molar-refractivity contribution in [2.24, 2.45) is 5.92 Å². The number of methoxy groups -OCH3 is 2. The van der Waals surface area contributed by atoms with Crippen molar-refractivity contribution in [2.45, 2.75) is 25.3 Å². The van der Waals surface area contributed by atoms with Crippen molar-refractivity contribution in [1.82, 2.24) is 0 Å². The van der Waals surface area contributed by atoms with Crippen molar-refractivity contribution in [3.63, 3.8) is 0 Å². The molecule has 4 rings (SSSR count). The molecule has 0 saturated heterocycles. The highest BCUT2D eigenvalue weighted by Crippen LogP contribution is 2.53. The third kappa shape index (κ3) is 2.65. The molecule has 1 aliphatic carbocycles. The largest absolute Gasteiger partial charge is 0.493 e. The van der Waals surface area contributed by atoms with Crippen LogP contribution >= 0.6 is 0 Å². The Hall–Kier alpha value is -2.95. The zero-order valence-corrected chi connectivity index (χ0v) is 15.7. The van der Waals surface area contributed by atoms with Gasteiger partial charge in [-0.15, -0.1) is 0 Å². The fourth-order valence-corrected chi connectivity index (χ4v) is 4.51. The molecule has 0 aromatic heterocycles. The Balaban J connectivity index is 1.89. The number of hydrogen-bond acceptors (Lipinski definition) is 4. The standard InChI is InChI=1S/C22H23NO4/c1-12-10-11-15(22(24)25)18-13-6-4-7-14(13)20(23-19(12)18)16-8-5-9-17(26-2)21(16)27-3/h4-6,8-11,13-14,20,23H,7H2,1-3H3,(H,24,25)/t13-,14-,20-/m1/s1. The molecule has 2 aromatic rings. The summed E-state index contributed by atoms with van der Waals surface area (Å²) in [5.41, 5.74) is 4.25. The van der Waals surface area contributed by atoms with Crippen molar-refractivity contribution in [3.05, 3.63) is 64.7 Å². The summed E-state index contributed by atoms with van der Waals surface area (Å²) in [7, 11) is 3.28. The zero-order valence-electron chi connectivity index (χ0n) is 15.7. The molecule has 0 spiro atoms. The van der Waals surface area contributed by atoms with Crippen LogP contribution in [0.4, 0.5) is 5.69 Å². The number of rotatable bonds is 4. The minimum Gasteiger partial charge on any atom is -0.493 e. The van der Waals surface area contributed by atoms with Crippen LogP contribution in [-0.4, -0.2) is 25.3 Å². The van der Waals surface area contributed by atoms with E-state index in [1.54, 1.807) is 20.3 Å². The van der Waals surface area contributed by atoms with Gasteiger partial charge in [-0.25, -0.2) is 4.79 Å². The van der Waals surface area contributed by atoms with Crippen molar-refractivity contribution in [1.29, 1.82) is 0 Å². The summed E-state index contributed by atoms with van der Waals surface area (Å²) in [4.78, 5) is 11.8. The summed E-state index contributed by atoms with van der Waals surface area (Å²) >= 11 is 0. The maximum atomic E-state index is 11.8. The van der Waals surface area contributed by atoms with Crippen LogP contribution in [0.25, 0.3) is 0 Å². The van der Waals surface area contributed by atoms with Crippen LogP contribution < -0.4 is 14.8 Å². The number of carboxylic acids is 1. The summed E-state index contributed by atoms with van der Waals surface area (Å²) in [6, 6.07) is 9.49.